The number of benzene rings is 1. The van der Waals surface area contributed by atoms with Gasteiger partial charge in [0.25, 0.3) is 5.91 Å². The molecule has 0 fully saturated rings. The molecule has 1 rings (SSSR count). The molecule has 1 N–H and O–H groups in total. The van der Waals surface area contributed by atoms with Crippen molar-refractivity contribution in [2.24, 2.45) is 0 Å². The SMILES string of the molecule is CCOC(=O)CNC(=O)N(CC=O)C(=O)/C=C/c1ccccc1. The third-order valence-electron chi connectivity index (χ3n) is 2.68. The van der Waals surface area contributed by atoms with Crippen LogP contribution in [0.25, 0.3) is 6.08 Å². The van der Waals surface area contributed by atoms with Crippen LogP contribution in [0.5, 0.6) is 0 Å². The van der Waals surface area contributed by atoms with Gasteiger partial charge in [0, 0.05) is 6.08 Å². The Bertz CT molecular complexity index is 583. The Kier molecular flexibility index (Phi) is 7.77. The maximum Gasteiger partial charge on any atom is 0.325 e. The third kappa shape index (κ3) is 6.56. The van der Waals surface area contributed by atoms with Crippen LogP contribution >= 0.6 is 0 Å². The molecule has 0 heterocycles. The van der Waals surface area contributed by atoms with Crippen LogP contribution in [0.3, 0.4) is 0 Å². The van der Waals surface area contributed by atoms with Gasteiger partial charge in [-0.2, -0.15) is 0 Å². The smallest absolute Gasteiger partial charge is 0.325 e. The second-order valence-corrected chi connectivity index (χ2v) is 4.32. The molecule has 0 spiro atoms. The molecule has 122 valence electrons. The lowest BCUT2D eigenvalue weighted by Gasteiger charge is -2.16. The van der Waals surface area contributed by atoms with E-state index >= 15 is 0 Å². The topological polar surface area (TPSA) is 92.8 Å². The maximum absolute atomic E-state index is 12.0. The van der Waals surface area contributed by atoms with E-state index in [2.05, 4.69) is 10.1 Å². The average Bonchev–Trinajstić information content (AvgIpc) is 2.56. The van der Waals surface area contributed by atoms with Crippen molar-refractivity contribution < 1.29 is 23.9 Å². The fraction of sp³-hybridized carbons (Fsp3) is 0.250. The molecule has 7 heteroatoms. The zero-order valence-electron chi connectivity index (χ0n) is 12.7. The van der Waals surface area contributed by atoms with Gasteiger partial charge in [-0.15, -0.1) is 0 Å². The molecular formula is C16H18N2O5. The highest BCUT2D eigenvalue weighted by Crippen LogP contribution is 2.02. The Balaban J connectivity index is 2.66. The molecule has 0 bridgehead atoms. The molecule has 0 aliphatic heterocycles. The highest BCUT2D eigenvalue weighted by atomic mass is 16.5. The zero-order valence-corrected chi connectivity index (χ0v) is 12.7. The number of carbonyl (C=O) groups excluding carboxylic acids is 4. The molecule has 0 aliphatic carbocycles. The van der Waals surface area contributed by atoms with Crippen molar-refractivity contribution in [3.05, 3.63) is 42.0 Å². The summed E-state index contributed by atoms with van der Waals surface area (Å²) in [4.78, 5) is 46.4. The van der Waals surface area contributed by atoms with Crippen molar-refractivity contribution in [3.63, 3.8) is 0 Å². The Morgan fingerprint density at radius 2 is 1.91 bits per heavy atom. The normalized spacial score (nSPS) is 10.1. The summed E-state index contributed by atoms with van der Waals surface area (Å²) in [7, 11) is 0. The first-order chi connectivity index (χ1) is 11.1. The monoisotopic (exact) mass is 318 g/mol. The van der Waals surface area contributed by atoms with Gasteiger partial charge in [-0.3, -0.25) is 14.5 Å². The second kappa shape index (κ2) is 9.88. The van der Waals surface area contributed by atoms with Crippen molar-refractivity contribution in [1.29, 1.82) is 0 Å². The Hall–Kier alpha value is -2.96. The van der Waals surface area contributed by atoms with E-state index < -0.39 is 24.5 Å². The number of nitrogens with zero attached hydrogens (tertiary/aromatic N) is 1. The van der Waals surface area contributed by atoms with Gasteiger partial charge in [0.2, 0.25) is 0 Å². The number of hydrogen-bond donors (Lipinski definition) is 1. The number of ether oxygens (including phenoxy) is 1. The highest BCUT2D eigenvalue weighted by Gasteiger charge is 2.19. The van der Waals surface area contributed by atoms with Crippen LogP contribution in [0.1, 0.15) is 12.5 Å². The summed E-state index contributed by atoms with van der Waals surface area (Å²) in [5.41, 5.74) is 0.777. The van der Waals surface area contributed by atoms with E-state index in [1.807, 2.05) is 6.07 Å². The molecule has 3 amide bonds. The number of amides is 3. The van der Waals surface area contributed by atoms with Crippen molar-refractivity contribution >= 4 is 30.3 Å². The molecule has 0 aromatic heterocycles. The van der Waals surface area contributed by atoms with Gasteiger partial charge < -0.3 is 14.8 Å². The number of esters is 1. The molecule has 0 saturated heterocycles. The van der Waals surface area contributed by atoms with E-state index in [0.717, 1.165) is 5.56 Å². The van der Waals surface area contributed by atoms with Gasteiger partial charge in [0.15, 0.2) is 0 Å². The summed E-state index contributed by atoms with van der Waals surface area (Å²) in [6.07, 6.45) is 3.14. The molecular weight excluding hydrogens is 300 g/mol. The van der Waals surface area contributed by atoms with E-state index in [1.165, 1.54) is 12.2 Å². The summed E-state index contributed by atoms with van der Waals surface area (Å²) >= 11 is 0. The van der Waals surface area contributed by atoms with Gasteiger partial charge in [0.1, 0.15) is 12.8 Å². The fourth-order valence-corrected chi connectivity index (χ4v) is 1.62. The highest BCUT2D eigenvalue weighted by molar-refractivity contribution is 6.03. The second-order valence-electron chi connectivity index (χ2n) is 4.32. The first-order valence-corrected chi connectivity index (χ1v) is 7.00. The fourth-order valence-electron chi connectivity index (χ4n) is 1.62. The first kappa shape index (κ1) is 18.1. The molecule has 23 heavy (non-hydrogen) atoms. The summed E-state index contributed by atoms with van der Waals surface area (Å²) in [6.45, 7) is 1.03. The predicted molar refractivity (Wildman–Crippen MR) is 83.3 cm³/mol. The van der Waals surface area contributed by atoms with E-state index in [1.54, 1.807) is 31.2 Å². The summed E-state index contributed by atoms with van der Waals surface area (Å²) in [5.74, 6) is -1.29. The number of urea groups is 1. The van der Waals surface area contributed by atoms with Gasteiger partial charge >= 0.3 is 12.0 Å². The Morgan fingerprint density at radius 1 is 1.22 bits per heavy atom. The number of hydrogen-bond acceptors (Lipinski definition) is 5. The van der Waals surface area contributed by atoms with Crippen molar-refractivity contribution in [2.75, 3.05) is 19.7 Å². The zero-order chi connectivity index (χ0) is 17.1. The third-order valence-corrected chi connectivity index (χ3v) is 2.68. The van der Waals surface area contributed by atoms with Crippen LogP contribution in [0.4, 0.5) is 4.79 Å². The van der Waals surface area contributed by atoms with Crippen LogP contribution in [-0.2, 0) is 19.1 Å². The lowest BCUT2D eigenvalue weighted by atomic mass is 10.2. The van der Waals surface area contributed by atoms with E-state index in [4.69, 9.17) is 0 Å². The van der Waals surface area contributed by atoms with Crippen LogP contribution in [0.15, 0.2) is 36.4 Å². The molecule has 7 nitrogen and oxygen atoms in total. The van der Waals surface area contributed by atoms with Gasteiger partial charge in [-0.05, 0) is 18.6 Å². The quantitative estimate of drug-likeness (QED) is 0.460. The molecule has 0 radical (unpaired) electrons. The van der Waals surface area contributed by atoms with Crippen LogP contribution < -0.4 is 5.32 Å². The number of aldehydes is 1. The van der Waals surface area contributed by atoms with Crippen molar-refractivity contribution in [1.82, 2.24) is 10.2 Å². The van der Waals surface area contributed by atoms with Crippen LogP contribution in [0.2, 0.25) is 0 Å². The minimum Gasteiger partial charge on any atom is -0.465 e. The predicted octanol–water partition coefficient (Wildman–Crippen LogP) is 1.000. The minimum absolute atomic E-state index is 0.186. The molecule has 0 aliphatic rings. The Labute approximate surface area is 133 Å². The van der Waals surface area contributed by atoms with Crippen molar-refractivity contribution in [2.45, 2.75) is 6.92 Å². The number of carbonyl (C=O) groups is 4. The Morgan fingerprint density at radius 3 is 2.52 bits per heavy atom. The molecule has 0 unspecified atom stereocenters. The van der Waals surface area contributed by atoms with Crippen molar-refractivity contribution in [3.8, 4) is 0 Å². The molecule has 1 aromatic carbocycles. The molecule has 1 aromatic rings. The van der Waals surface area contributed by atoms with E-state index in [-0.39, 0.29) is 13.2 Å². The molecule has 0 saturated carbocycles. The summed E-state index contributed by atoms with van der Waals surface area (Å²) < 4.78 is 4.66. The largest absolute Gasteiger partial charge is 0.465 e. The summed E-state index contributed by atoms with van der Waals surface area (Å²) in [5, 5.41) is 2.23. The van der Waals surface area contributed by atoms with E-state index in [0.29, 0.717) is 11.2 Å². The first-order valence-electron chi connectivity index (χ1n) is 7.00. The summed E-state index contributed by atoms with van der Waals surface area (Å²) in [6, 6.07) is 8.18. The number of nitrogens with one attached hydrogen (secondary N) is 1. The lowest BCUT2D eigenvalue weighted by molar-refractivity contribution is -0.142. The van der Waals surface area contributed by atoms with Gasteiger partial charge in [0.05, 0.1) is 13.2 Å². The molecule has 0 atom stereocenters. The maximum atomic E-state index is 12.0. The van der Waals surface area contributed by atoms with Crippen LogP contribution in [-0.4, -0.2) is 48.8 Å². The lowest BCUT2D eigenvalue weighted by Crippen LogP contribution is -2.45. The standard InChI is InChI=1S/C16H18N2O5/c1-2-23-15(21)12-17-16(22)18(10-11-19)14(20)9-8-13-6-4-3-5-7-13/h3-9,11H,2,10,12H2,1H3,(H,17,22)/b9-8+. The average molecular weight is 318 g/mol. The minimum atomic E-state index is -0.840. The van der Waals surface area contributed by atoms with E-state index in [9.17, 15) is 19.2 Å². The van der Waals surface area contributed by atoms with Gasteiger partial charge in [-0.1, -0.05) is 30.3 Å². The van der Waals surface area contributed by atoms with Crippen LogP contribution in [0, 0.1) is 0 Å². The van der Waals surface area contributed by atoms with Gasteiger partial charge in [-0.25, -0.2) is 4.79 Å². The number of imide groups is 1. The number of rotatable bonds is 7.